The van der Waals surface area contributed by atoms with Crippen LogP contribution in [0, 0.1) is 5.92 Å². The van der Waals surface area contributed by atoms with Crippen molar-refractivity contribution in [1.82, 2.24) is 10.6 Å². The van der Waals surface area contributed by atoms with Gasteiger partial charge in [-0.2, -0.15) is 0 Å². The Balaban J connectivity index is 2.39. The number of carbonyl (C=O) groups is 1. The van der Waals surface area contributed by atoms with Gasteiger partial charge < -0.3 is 20.8 Å². The second-order valence-corrected chi connectivity index (χ2v) is 4.90. The zero-order valence-corrected chi connectivity index (χ0v) is 11.6. The maximum absolute atomic E-state index is 11.3. The van der Waals surface area contributed by atoms with Crippen LogP contribution in [0.5, 0.6) is 11.5 Å². The molecule has 0 aliphatic rings. The lowest BCUT2D eigenvalue weighted by Crippen LogP contribution is -2.35. The Morgan fingerprint density at radius 3 is 2.21 bits per heavy atom. The number of nitrogens with one attached hydrogen (secondary N) is 2. The van der Waals surface area contributed by atoms with E-state index in [9.17, 15) is 15.0 Å². The van der Waals surface area contributed by atoms with Gasteiger partial charge in [-0.05, 0) is 24.6 Å². The van der Waals surface area contributed by atoms with Crippen LogP contribution in [0.2, 0.25) is 0 Å². The Labute approximate surface area is 113 Å². The zero-order valence-electron chi connectivity index (χ0n) is 11.6. The van der Waals surface area contributed by atoms with Crippen LogP contribution in [0.25, 0.3) is 0 Å². The Kier molecular flexibility index (Phi) is 5.63. The quantitative estimate of drug-likeness (QED) is 0.588. The normalized spacial score (nSPS) is 12.4. The fourth-order valence-electron chi connectivity index (χ4n) is 1.66. The van der Waals surface area contributed by atoms with Crippen molar-refractivity contribution in [2.75, 3.05) is 13.1 Å². The highest BCUT2D eigenvalue weighted by Gasteiger charge is 2.08. The molecule has 0 aromatic heterocycles. The first-order valence-corrected chi connectivity index (χ1v) is 6.44. The molecule has 19 heavy (non-hydrogen) atoms. The predicted octanol–water partition coefficient (Wildman–Crippen LogP) is 1.52. The van der Waals surface area contributed by atoms with Crippen molar-refractivity contribution in [2.24, 2.45) is 5.92 Å². The fourth-order valence-corrected chi connectivity index (χ4v) is 1.66. The second kappa shape index (κ2) is 6.99. The molecule has 4 N–H and O–H groups in total. The van der Waals surface area contributed by atoms with Crippen molar-refractivity contribution in [3.05, 3.63) is 23.8 Å². The number of phenols is 2. The van der Waals surface area contributed by atoms with Crippen LogP contribution in [0.4, 0.5) is 0 Å². The van der Waals surface area contributed by atoms with Crippen molar-refractivity contribution in [3.63, 3.8) is 0 Å². The summed E-state index contributed by atoms with van der Waals surface area (Å²) in [7, 11) is 0. The molecule has 1 amide bonds. The van der Waals surface area contributed by atoms with Gasteiger partial charge in [-0.1, -0.05) is 13.8 Å². The molecule has 1 unspecified atom stereocenters. The summed E-state index contributed by atoms with van der Waals surface area (Å²) in [6, 6.07) is 4.47. The SMILES string of the molecule is CC(C)C(=O)NCCNC(C)c1cc(O)cc(O)c1. The summed E-state index contributed by atoms with van der Waals surface area (Å²) in [6.07, 6.45) is 0. The first kappa shape index (κ1) is 15.3. The molecule has 0 aliphatic heterocycles. The maximum atomic E-state index is 11.3. The van der Waals surface area contributed by atoms with Crippen LogP contribution < -0.4 is 10.6 Å². The van der Waals surface area contributed by atoms with Crippen LogP contribution in [-0.2, 0) is 4.79 Å². The largest absolute Gasteiger partial charge is 0.508 e. The van der Waals surface area contributed by atoms with Crippen LogP contribution >= 0.6 is 0 Å². The molecule has 0 spiro atoms. The van der Waals surface area contributed by atoms with Crippen LogP contribution in [0.15, 0.2) is 18.2 Å². The van der Waals surface area contributed by atoms with Gasteiger partial charge in [-0.3, -0.25) is 4.79 Å². The number of hydrogen-bond donors (Lipinski definition) is 4. The highest BCUT2D eigenvalue weighted by molar-refractivity contribution is 5.77. The van der Waals surface area contributed by atoms with Crippen molar-refractivity contribution in [3.8, 4) is 11.5 Å². The molecule has 0 heterocycles. The monoisotopic (exact) mass is 266 g/mol. The third kappa shape index (κ3) is 5.18. The average Bonchev–Trinajstić information content (AvgIpc) is 2.32. The molecule has 0 aliphatic carbocycles. The molecule has 0 saturated carbocycles. The summed E-state index contributed by atoms with van der Waals surface area (Å²) >= 11 is 0. The molecule has 1 rings (SSSR count). The minimum Gasteiger partial charge on any atom is -0.508 e. The molecule has 5 nitrogen and oxygen atoms in total. The lowest BCUT2D eigenvalue weighted by Gasteiger charge is -2.15. The first-order valence-electron chi connectivity index (χ1n) is 6.44. The topological polar surface area (TPSA) is 81.6 Å². The van der Waals surface area contributed by atoms with Gasteiger partial charge in [0, 0.05) is 31.1 Å². The first-order chi connectivity index (χ1) is 8.90. The minimum atomic E-state index is -0.0195. The summed E-state index contributed by atoms with van der Waals surface area (Å²) in [6.45, 7) is 6.79. The van der Waals surface area contributed by atoms with Crippen LogP contribution in [0.1, 0.15) is 32.4 Å². The Morgan fingerprint density at radius 1 is 1.11 bits per heavy atom. The van der Waals surface area contributed by atoms with Gasteiger partial charge >= 0.3 is 0 Å². The molecular weight excluding hydrogens is 244 g/mol. The number of carbonyl (C=O) groups excluding carboxylic acids is 1. The van der Waals surface area contributed by atoms with Gasteiger partial charge in [-0.15, -0.1) is 0 Å². The lowest BCUT2D eigenvalue weighted by molar-refractivity contribution is -0.123. The molecule has 106 valence electrons. The number of amides is 1. The smallest absolute Gasteiger partial charge is 0.222 e. The van der Waals surface area contributed by atoms with Crippen LogP contribution in [0.3, 0.4) is 0 Å². The maximum Gasteiger partial charge on any atom is 0.222 e. The Morgan fingerprint density at radius 2 is 1.68 bits per heavy atom. The standard InChI is InChI=1S/C14H22N2O3/c1-9(2)14(19)16-5-4-15-10(3)11-6-12(17)8-13(18)7-11/h6-10,15,17-18H,4-5H2,1-3H3,(H,16,19). The zero-order chi connectivity index (χ0) is 14.4. The van der Waals surface area contributed by atoms with E-state index in [2.05, 4.69) is 10.6 Å². The van der Waals surface area contributed by atoms with Gasteiger partial charge in [0.2, 0.25) is 5.91 Å². The van der Waals surface area contributed by atoms with E-state index in [1.165, 1.54) is 6.07 Å². The lowest BCUT2D eigenvalue weighted by atomic mass is 10.1. The molecule has 0 fully saturated rings. The van der Waals surface area contributed by atoms with E-state index in [1.54, 1.807) is 12.1 Å². The average molecular weight is 266 g/mol. The number of aromatic hydroxyl groups is 2. The Bertz CT molecular complexity index is 412. The molecule has 5 heteroatoms. The molecular formula is C14H22N2O3. The summed E-state index contributed by atoms with van der Waals surface area (Å²) in [5.74, 6) is 0.0958. The van der Waals surface area contributed by atoms with Crippen molar-refractivity contribution in [1.29, 1.82) is 0 Å². The minimum absolute atomic E-state index is 0.0135. The van der Waals surface area contributed by atoms with E-state index in [0.29, 0.717) is 13.1 Å². The third-order valence-electron chi connectivity index (χ3n) is 2.82. The summed E-state index contributed by atoms with van der Waals surface area (Å²) in [5, 5.41) is 24.8. The molecule has 1 aromatic carbocycles. The van der Waals surface area contributed by atoms with E-state index < -0.39 is 0 Å². The van der Waals surface area contributed by atoms with Gasteiger partial charge in [0.15, 0.2) is 0 Å². The number of hydrogen-bond acceptors (Lipinski definition) is 4. The predicted molar refractivity (Wildman–Crippen MR) is 74.0 cm³/mol. The summed E-state index contributed by atoms with van der Waals surface area (Å²) in [5.41, 5.74) is 0.799. The van der Waals surface area contributed by atoms with E-state index in [0.717, 1.165) is 5.56 Å². The van der Waals surface area contributed by atoms with Crippen molar-refractivity contribution >= 4 is 5.91 Å². The number of benzene rings is 1. The summed E-state index contributed by atoms with van der Waals surface area (Å²) < 4.78 is 0. The second-order valence-electron chi connectivity index (χ2n) is 4.90. The van der Waals surface area contributed by atoms with Crippen molar-refractivity contribution in [2.45, 2.75) is 26.8 Å². The fraction of sp³-hybridized carbons (Fsp3) is 0.500. The summed E-state index contributed by atoms with van der Waals surface area (Å²) in [4.78, 5) is 11.3. The molecule has 0 bridgehead atoms. The van der Waals surface area contributed by atoms with E-state index in [-0.39, 0.29) is 29.4 Å². The van der Waals surface area contributed by atoms with Gasteiger partial charge in [0.05, 0.1) is 0 Å². The van der Waals surface area contributed by atoms with Gasteiger partial charge in [0.25, 0.3) is 0 Å². The molecule has 1 aromatic rings. The van der Waals surface area contributed by atoms with Crippen molar-refractivity contribution < 1.29 is 15.0 Å². The van der Waals surface area contributed by atoms with E-state index in [4.69, 9.17) is 0 Å². The van der Waals surface area contributed by atoms with E-state index >= 15 is 0 Å². The number of rotatable bonds is 6. The van der Waals surface area contributed by atoms with Gasteiger partial charge in [-0.25, -0.2) is 0 Å². The molecule has 1 atom stereocenters. The highest BCUT2D eigenvalue weighted by Crippen LogP contribution is 2.24. The molecule has 0 radical (unpaired) electrons. The van der Waals surface area contributed by atoms with E-state index in [1.807, 2.05) is 20.8 Å². The Hall–Kier alpha value is -1.75. The number of phenolic OH excluding ortho intramolecular Hbond substituents is 2. The van der Waals surface area contributed by atoms with Crippen LogP contribution in [-0.4, -0.2) is 29.2 Å². The highest BCUT2D eigenvalue weighted by atomic mass is 16.3. The van der Waals surface area contributed by atoms with Gasteiger partial charge in [0.1, 0.15) is 11.5 Å². The molecule has 0 saturated heterocycles. The third-order valence-corrected chi connectivity index (χ3v) is 2.82.